The third-order valence-corrected chi connectivity index (χ3v) is 5.33. The fourth-order valence-corrected chi connectivity index (χ4v) is 3.95. The lowest BCUT2D eigenvalue weighted by Crippen LogP contribution is -2.36. The van der Waals surface area contributed by atoms with E-state index >= 15 is 0 Å². The minimum absolute atomic E-state index is 0.0829. The largest absolute Gasteiger partial charge is 0.416 e. The molecule has 2 nitrogen and oxygen atoms in total. The Morgan fingerprint density at radius 3 is 1.96 bits per heavy atom. The van der Waals surface area contributed by atoms with Gasteiger partial charge in [0.1, 0.15) is 17.5 Å². The highest BCUT2D eigenvalue weighted by atomic mass is 19.4. The number of carbonyl (C=O) groups is 2. The summed E-state index contributed by atoms with van der Waals surface area (Å²) < 4.78 is 38.4. The van der Waals surface area contributed by atoms with E-state index in [1.165, 1.54) is 12.1 Å². The van der Waals surface area contributed by atoms with Gasteiger partial charge in [0.05, 0.1) is 5.56 Å². The Bertz CT molecular complexity index is 888. The van der Waals surface area contributed by atoms with Gasteiger partial charge in [-0.1, -0.05) is 45.0 Å². The Labute approximate surface area is 162 Å². The van der Waals surface area contributed by atoms with E-state index in [9.17, 15) is 22.8 Å². The van der Waals surface area contributed by atoms with Gasteiger partial charge >= 0.3 is 6.18 Å². The van der Waals surface area contributed by atoms with Gasteiger partial charge in [0, 0.05) is 12.8 Å². The molecular weight excluding hydrogens is 365 g/mol. The second kappa shape index (κ2) is 7.19. The van der Waals surface area contributed by atoms with Crippen molar-refractivity contribution in [2.75, 3.05) is 0 Å². The first-order valence-corrected chi connectivity index (χ1v) is 9.38. The molecule has 3 rings (SSSR count). The molecule has 0 heterocycles. The molecule has 0 unspecified atom stereocenters. The molecule has 0 atom stereocenters. The van der Waals surface area contributed by atoms with E-state index in [-0.39, 0.29) is 17.0 Å². The van der Waals surface area contributed by atoms with E-state index in [0.29, 0.717) is 36.0 Å². The molecule has 1 aliphatic rings. The van der Waals surface area contributed by atoms with Crippen molar-refractivity contribution in [3.8, 4) is 11.1 Å². The van der Waals surface area contributed by atoms with Crippen LogP contribution in [-0.2, 0) is 22.2 Å². The number of hydrogen-bond donors (Lipinski definition) is 0. The van der Waals surface area contributed by atoms with Crippen LogP contribution in [0, 0.1) is 5.41 Å². The zero-order chi connectivity index (χ0) is 20.7. The van der Waals surface area contributed by atoms with Gasteiger partial charge in [-0.2, -0.15) is 13.2 Å². The second-order valence-electron chi connectivity index (χ2n) is 8.23. The maximum Gasteiger partial charge on any atom is 0.416 e. The Balaban J connectivity index is 2.01. The quantitative estimate of drug-likeness (QED) is 0.607. The lowest BCUT2D eigenvalue weighted by atomic mass is 9.69. The molecule has 0 saturated heterocycles. The lowest BCUT2D eigenvalue weighted by molar-refractivity contribution is -0.138. The normalized spacial score (nSPS) is 17.8. The van der Waals surface area contributed by atoms with Crippen LogP contribution in [0.15, 0.2) is 42.5 Å². The topological polar surface area (TPSA) is 34.1 Å². The van der Waals surface area contributed by atoms with E-state index in [1.807, 2.05) is 32.9 Å². The third-order valence-electron chi connectivity index (χ3n) is 5.33. The Morgan fingerprint density at radius 1 is 0.929 bits per heavy atom. The van der Waals surface area contributed by atoms with Crippen LogP contribution in [0.1, 0.15) is 56.2 Å². The summed E-state index contributed by atoms with van der Waals surface area (Å²) in [7, 11) is 0. The number of carbonyl (C=O) groups excluding carboxylic acids is 2. The summed E-state index contributed by atoms with van der Waals surface area (Å²) in [5.74, 6) is -0.946. The van der Waals surface area contributed by atoms with Crippen LogP contribution >= 0.6 is 0 Å². The number of rotatable bonds is 3. The van der Waals surface area contributed by atoms with Crippen LogP contribution in [0.4, 0.5) is 13.2 Å². The van der Waals surface area contributed by atoms with E-state index < -0.39 is 17.7 Å². The molecule has 0 aliphatic heterocycles. The molecule has 0 amide bonds. The van der Waals surface area contributed by atoms with Gasteiger partial charge in [-0.3, -0.25) is 9.59 Å². The molecule has 28 heavy (non-hydrogen) atoms. The van der Waals surface area contributed by atoms with Crippen LogP contribution in [0.2, 0.25) is 0 Å². The molecule has 1 saturated carbocycles. The van der Waals surface area contributed by atoms with Gasteiger partial charge < -0.3 is 0 Å². The van der Waals surface area contributed by atoms with Crippen LogP contribution < -0.4 is 0 Å². The molecule has 0 N–H and O–H groups in total. The highest BCUT2D eigenvalue weighted by Gasteiger charge is 2.41. The zero-order valence-corrected chi connectivity index (χ0v) is 16.2. The van der Waals surface area contributed by atoms with Gasteiger partial charge in [-0.25, -0.2) is 0 Å². The molecule has 2 aromatic rings. The first-order valence-electron chi connectivity index (χ1n) is 9.38. The van der Waals surface area contributed by atoms with Crippen LogP contribution in [0.25, 0.3) is 11.1 Å². The zero-order valence-electron chi connectivity index (χ0n) is 16.2. The van der Waals surface area contributed by atoms with Crippen molar-refractivity contribution in [3.63, 3.8) is 0 Å². The maximum absolute atomic E-state index is 12.8. The average Bonchev–Trinajstić information content (AvgIpc) is 2.59. The summed E-state index contributed by atoms with van der Waals surface area (Å²) in [6.45, 7) is 5.79. The molecule has 5 heteroatoms. The summed E-state index contributed by atoms with van der Waals surface area (Å²) in [5, 5.41) is 0. The molecule has 2 aromatic carbocycles. The predicted molar refractivity (Wildman–Crippen MR) is 102 cm³/mol. The standard InChI is InChI=1S/C23H23F3O2/c1-4-14-5-6-16(15-7-9-17(10-8-15)23(24,25)26)11-18(14)21-19(27)12-22(2,3)13-20(21)28/h5-11,21H,4,12-13H2,1-3H3. The van der Waals surface area contributed by atoms with Crippen LogP contribution in [0.5, 0.6) is 0 Å². The first kappa shape index (κ1) is 20.3. The molecule has 0 radical (unpaired) electrons. The van der Waals surface area contributed by atoms with E-state index in [1.54, 1.807) is 6.07 Å². The van der Waals surface area contributed by atoms with E-state index in [2.05, 4.69) is 0 Å². The van der Waals surface area contributed by atoms with E-state index in [4.69, 9.17) is 0 Å². The number of aryl methyl sites for hydroxylation is 1. The van der Waals surface area contributed by atoms with Crippen molar-refractivity contribution in [3.05, 3.63) is 59.2 Å². The van der Waals surface area contributed by atoms with Gasteiger partial charge in [-0.15, -0.1) is 0 Å². The molecular formula is C23H23F3O2. The molecule has 1 fully saturated rings. The van der Waals surface area contributed by atoms with Crippen molar-refractivity contribution in [1.29, 1.82) is 0 Å². The highest BCUT2D eigenvalue weighted by Crippen LogP contribution is 2.40. The fourth-order valence-electron chi connectivity index (χ4n) is 3.95. The van der Waals surface area contributed by atoms with Crippen LogP contribution in [0.3, 0.4) is 0 Å². The lowest BCUT2D eigenvalue weighted by Gasteiger charge is -2.33. The number of ketones is 2. The summed E-state index contributed by atoms with van der Waals surface area (Å²) in [4.78, 5) is 25.5. The van der Waals surface area contributed by atoms with Gasteiger partial charge in [0.2, 0.25) is 0 Å². The van der Waals surface area contributed by atoms with Crippen molar-refractivity contribution in [2.24, 2.45) is 5.41 Å². The molecule has 0 bridgehead atoms. The molecule has 1 aliphatic carbocycles. The number of Topliss-reactive ketones (excluding diaryl/α,β-unsaturated/α-hetero) is 2. The van der Waals surface area contributed by atoms with Crippen molar-refractivity contribution in [2.45, 2.75) is 52.1 Å². The Hall–Kier alpha value is -2.43. The van der Waals surface area contributed by atoms with Crippen molar-refractivity contribution < 1.29 is 22.8 Å². The highest BCUT2D eigenvalue weighted by molar-refractivity contribution is 6.10. The van der Waals surface area contributed by atoms with Gasteiger partial charge in [0.25, 0.3) is 0 Å². The first-order chi connectivity index (χ1) is 13.0. The number of benzene rings is 2. The average molecular weight is 388 g/mol. The Morgan fingerprint density at radius 2 is 1.46 bits per heavy atom. The number of alkyl halides is 3. The minimum Gasteiger partial charge on any atom is -0.299 e. The van der Waals surface area contributed by atoms with E-state index in [0.717, 1.165) is 17.7 Å². The van der Waals surface area contributed by atoms with Gasteiger partial charge in [0.15, 0.2) is 0 Å². The smallest absolute Gasteiger partial charge is 0.299 e. The van der Waals surface area contributed by atoms with Crippen molar-refractivity contribution >= 4 is 11.6 Å². The summed E-state index contributed by atoms with van der Waals surface area (Å²) in [6, 6.07) is 10.4. The molecule has 148 valence electrons. The third kappa shape index (κ3) is 4.03. The predicted octanol–water partition coefficient (Wildman–Crippen LogP) is 5.98. The summed E-state index contributed by atoms with van der Waals surface area (Å²) in [5.41, 5.74) is 1.88. The summed E-state index contributed by atoms with van der Waals surface area (Å²) in [6.07, 6.45) is -3.03. The number of halogens is 3. The number of hydrogen-bond acceptors (Lipinski definition) is 2. The maximum atomic E-state index is 12.8. The SMILES string of the molecule is CCc1ccc(-c2ccc(C(F)(F)F)cc2)cc1C1C(=O)CC(C)(C)CC1=O. The monoisotopic (exact) mass is 388 g/mol. The van der Waals surface area contributed by atoms with Crippen LogP contribution in [-0.4, -0.2) is 11.6 Å². The van der Waals surface area contributed by atoms with Crippen molar-refractivity contribution in [1.82, 2.24) is 0 Å². The second-order valence-corrected chi connectivity index (χ2v) is 8.23. The summed E-state index contributed by atoms with van der Waals surface area (Å²) >= 11 is 0. The Kier molecular flexibility index (Phi) is 5.22. The fraction of sp³-hybridized carbons (Fsp3) is 0.391. The molecule has 0 aromatic heterocycles. The van der Waals surface area contributed by atoms with Gasteiger partial charge in [-0.05, 0) is 52.3 Å². The molecule has 0 spiro atoms. The minimum atomic E-state index is -4.39.